The van der Waals surface area contributed by atoms with Crippen molar-refractivity contribution in [2.24, 2.45) is 0 Å². The lowest BCUT2D eigenvalue weighted by atomic mass is 10.1. The molecule has 1 aromatic heterocycles. The average Bonchev–Trinajstić information content (AvgIpc) is 3.26. The first-order valence-electron chi connectivity index (χ1n) is 10.8. The van der Waals surface area contributed by atoms with E-state index in [1.165, 1.54) is 16.3 Å². The molecule has 34 heavy (non-hydrogen) atoms. The van der Waals surface area contributed by atoms with Crippen molar-refractivity contribution in [3.63, 3.8) is 0 Å². The summed E-state index contributed by atoms with van der Waals surface area (Å²) in [7, 11) is 0. The van der Waals surface area contributed by atoms with Gasteiger partial charge in [0.05, 0.1) is 36.0 Å². The first kappa shape index (κ1) is 22.3. The van der Waals surface area contributed by atoms with Gasteiger partial charge in [-0.2, -0.15) is 0 Å². The molecule has 8 nitrogen and oxygen atoms in total. The number of hydrazine groups is 1. The van der Waals surface area contributed by atoms with E-state index in [4.69, 9.17) is 26.5 Å². The molecule has 172 valence electrons. The van der Waals surface area contributed by atoms with Gasteiger partial charge >= 0.3 is 0 Å². The highest BCUT2D eigenvalue weighted by Gasteiger charge is 2.25. The van der Waals surface area contributed by atoms with Gasteiger partial charge in [-0.25, -0.2) is 20.9 Å². The molecular weight excluding hydrogens is 454 g/mol. The number of anilines is 1. The highest BCUT2D eigenvalue weighted by molar-refractivity contribution is 6.34. The van der Waals surface area contributed by atoms with Gasteiger partial charge in [0.2, 0.25) is 5.82 Å². The minimum Gasteiger partial charge on any atom is -0.394 e. The fourth-order valence-electron chi connectivity index (χ4n) is 3.87. The molecule has 1 amide bonds. The van der Waals surface area contributed by atoms with Gasteiger partial charge in [-0.1, -0.05) is 59.6 Å². The number of nitrogens with two attached hydrogens (primary N) is 1. The average molecular weight is 477 g/mol. The van der Waals surface area contributed by atoms with Crippen molar-refractivity contribution in [2.75, 3.05) is 18.2 Å². The van der Waals surface area contributed by atoms with E-state index in [-0.39, 0.29) is 23.8 Å². The maximum Gasteiger partial charge on any atom is 0.276 e. The summed E-state index contributed by atoms with van der Waals surface area (Å²) in [6.07, 6.45) is 0. The quantitative estimate of drug-likeness (QED) is 0.186. The van der Waals surface area contributed by atoms with E-state index >= 15 is 0 Å². The largest absolute Gasteiger partial charge is 0.394 e. The van der Waals surface area contributed by atoms with Crippen LogP contribution in [0.2, 0.25) is 5.02 Å². The summed E-state index contributed by atoms with van der Waals surface area (Å²) < 4.78 is 0. The summed E-state index contributed by atoms with van der Waals surface area (Å²) in [6, 6.07) is 23.8. The van der Waals surface area contributed by atoms with Gasteiger partial charge in [0.1, 0.15) is 0 Å². The fourth-order valence-corrected chi connectivity index (χ4v) is 4.14. The maximum atomic E-state index is 12.2. The number of quaternary nitrogens is 1. The van der Waals surface area contributed by atoms with Crippen LogP contribution in [0.3, 0.4) is 0 Å². The highest BCUT2D eigenvalue weighted by atomic mass is 35.5. The molecule has 2 heterocycles. The standard InChI is InChI=1S/C25H22ClN5O3/c26-21-14-19(7-8-20(21)25(33)29-34-12-11-32)22-9-10-23-24(27-22)31(30-28-23)15-16-5-6-17-3-1-2-4-18(17)13-16/h1-10,13-14,28,30,32H,11-12,15H2,(H,29,33)/p+1. The van der Waals surface area contributed by atoms with Crippen molar-refractivity contribution < 1.29 is 20.2 Å². The molecule has 5 rings (SSSR count). The zero-order valence-electron chi connectivity index (χ0n) is 18.2. The number of hydrogen-bond donors (Lipinski definition) is 4. The minimum absolute atomic E-state index is 0.00124. The number of carbonyl (C=O) groups is 1. The normalized spacial score (nSPS) is 12.7. The number of aliphatic hydroxyl groups excluding tert-OH is 1. The molecule has 0 spiro atoms. The topological polar surface area (TPSA) is 103 Å². The molecule has 0 bridgehead atoms. The summed E-state index contributed by atoms with van der Waals surface area (Å²) in [6.45, 7) is 0.459. The van der Waals surface area contributed by atoms with Crippen molar-refractivity contribution >= 4 is 39.8 Å². The Kier molecular flexibility index (Phi) is 6.39. The predicted octanol–water partition coefficient (Wildman–Crippen LogP) is 2.84. The van der Waals surface area contributed by atoms with E-state index < -0.39 is 5.91 Å². The fraction of sp³-hybridized carbons (Fsp3) is 0.120. The molecule has 0 saturated heterocycles. The first-order valence-corrected chi connectivity index (χ1v) is 11.2. The summed E-state index contributed by atoms with van der Waals surface area (Å²) >= 11 is 6.37. The Labute approximate surface area is 201 Å². The Hall–Kier alpha value is -3.53. The highest BCUT2D eigenvalue weighted by Crippen LogP contribution is 2.30. The van der Waals surface area contributed by atoms with E-state index in [1.54, 1.807) is 18.2 Å². The van der Waals surface area contributed by atoms with E-state index in [1.807, 2.05) is 34.7 Å². The zero-order chi connectivity index (χ0) is 23.5. The van der Waals surface area contributed by atoms with E-state index in [0.717, 1.165) is 22.8 Å². The third kappa shape index (κ3) is 4.58. The number of benzene rings is 3. The van der Waals surface area contributed by atoms with Crippen molar-refractivity contribution in [3.8, 4) is 11.3 Å². The van der Waals surface area contributed by atoms with Crippen LogP contribution in [0.4, 0.5) is 11.5 Å². The molecule has 1 aliphatic heterocycles. The number of fused-ring (bicyclic) bond motifs is 2. The van der Waals surface area contributed by atoms with Gasteiger partial charge in [-0.3, -0.25) is 9.63 Å². The number of nitrogens with zero attached hydrogens (tertiary/aromatic N) is 2. The first-order chi connectivity index (χ1) is 16.6. The Balaban J connectivity index is 1.37. The number of hydroxylamine groups is 1. The van der Waals surface area contributed by atoms with Crippen LogP contribution in [-0.4, -0.2) is 29.2 Å². The number of nitrogens with one attached hydrogen (secondary N) is 2. The Morgan fingerprint density at radius 1 is 1.09 bits per heavy atom. The van der Waals surface area contributed by atoms with Crippen LogP contribution < -0.4 is 21.4 Å². The molecule has 5 N–H and O–H groups in total. The van der Waals surface area contributed by atoms with Gasteiger partial charge in [0.15, 0.2) is 5.69 Å². The van der Waals surface area contributed by atoms with Crippen LogP contribution in [-0.2, 0) is 11.4 Å². The zero-order valence-corrected chi connectivity index (χ0v) is 18.9. The maximum absolute atomic E-state index is 12.2. The second-order valence-electron chi connectivity index (χ2n) is 7.85. The number of aromatic nitrogens is 1. The van der Waals surface area contributed by atoms with Gasteiger partial charge < -0.3 is 5.11 Å². The number of halogens is 1. The number of carbonyl (C=O) groups excluding carboxylic acids is 1. The van der Waals surface area contributed by atoms with Crippen molar-refractivity contribution in [3.05, 3.63) is 88.9 Å². The van der Waals surface area contributed by atoms with Gasteiger partial charge in [-0.05, 0) is 40.6 Å². The molecule has 0 unspecified atom stereocenters. The summed E-state index contributed by atoms with van der Waals surface area (Å²) in [5.74, 6) is 0.341. The lowest BCUT2D eigenvalue weighted by Gasteiger charge is -2.15. The lowest BCUT2D eigenvalue weighted by Crippen LogP contribution is -2.87. The second kappa shape index (κ2) is 9.76. The third-order valence-corrected chi connectivity index (χ3v) is 5.87. The van der Waals surface area contributed by atoms with Crippen LogP contribution in [0.5, 0.6) is 0 Å². The minimum atomic E-state index is -0.479. The monoisotopic (exact) mass is 476 g/mol. The smallest absolute Gasteiger partial charge is 0.276 e. The SMILES string of the molecule is O=C(NOCCO)c1ccc(-c2ccc3c(n2)N(Cc2ccc4ccccc4c2)N[NH2+]3)cc1Cl. The number of hydrogen-bond acceptors (Lipinski definition) is 6. The van der Waals surface area contributed by atoms with Gasteiger partial charge in [-0.15, -0.1) is 0 Å². The van der Waals surface area contributed by atoms with E-state index in [2.05, 4.69) is 41.3 Å². The molecular formula is C25H23ClN5O3+. The molecule has 9 heteroatoms. The Bertz CT molecular complexity index is 1360. The summed E-state index contributed by atoms with van der Waals surface area (Å²) in [5.41, 5.74) is 11.4. The third-order valence-electron chi connectivity index (χ3n) is 5.56. The van der Waals surface area contributed by atoms with Crippen LogP contribution >= 0.6 is 11.6 Å². The van der Waals surface area contributed by atoms with E-state index in [9.17, 15) is 4.79 Å². The van der Waals surface area contributed by atoms with Crippen molar-refractivity contribution in [1.29, 1.82) is 0 Å². The Morgan fingerprint density at radius 3 is 2.76 bits per heavy atom. The number of rotatable bonds is 7. The molecule has 0 radical (unpaired) electrons. The van der Waals surface area contributed by atoms with Crippen LogP contribution in [0.15, 0.2) is 72.8 Å². The van der Waals surface area contributed by atoms with Crippen molar-refractivity contribution in [1.82, 2.24) is 16.0 Å². The summed E-state index contributed by atoms with van der Waals surface area (Å²) in [5, 5.41) is 13.5. The molecule has 0 saturated carbocycles. The van der Waals surface area contributed by atoms with Gasteiger partial charge in [0.25, 0.3) is 5.91 Å². The number of aliphatic hydroxyl groups is 1. The molecule has 1 aliphatic rings. The Morgan fingerprint density at radius 2 is 1.94 bits per heavy atom. The van der Waals surface area contributed by atoms with E-state index in [0.29, 0.717) is 6.54 Å². The molecule has 4 aromatic rings. The summed E-state index contributed by atoms with van der Waals surface area (Å²) in [4.78, 5) is 21.9. The van der Waals surface area contributed by atoms with Gasteiger partial charge in [0, 0.05) is 11.6 Å². The molecule has 3 aromatic carbocycles. The molecule has 0 fully saturated rings. The molecule has 0 aliphatic carbocycles. The second-order valence-corrected chi connectivity index (χ2v) is 8.26. The number of pyridine rings is 1. The van der Waals surface area contributed by atoms with Crippen molar-refractivity contribution in [2.45, 2.75) is 6.54 Å². The predicted molar refractivity (Wildman–Crippen MR) is 130 cm³/mol. The number of amides is 1. The lowest BCUT2D eigenvalue weighted by molar-refractivity contribution is -0.626. The van der Waals surface area contributed by atoms with Crippen LogP contribution in [0.1, 0.15) is 15.9 Å². The molecule has 0 atom stereocenters. The van der Waals surface area contributed by atoms with Crippen LogP contribution in [0.25, 0.3) is 22.0 Å². The van der Waals surface area contributed by atoms with Crippen LogP contribution in [0, 0.1) is 0 Å².